The molecule has 1 N–H and O–H groups in total. The first kappa shape index (κ1) is 13.5. The van der Waals surface area contributed by atoms with Gasteiger partial charge in [-0.15, -0.1) is 0 Å². The van der Waals surface area contributed by atoms with E-state index in [4.69, 9.17) is 0 Å². The number of halogens is 4. The molecular weight excluding hydrogens is 234 g/mol. The number of hydrogen-bond donors (Lipinski definition) is 1. The van der Waals surface area contributed by atoms with E-state index in [1.54, 1.807) is 7.05 Å². The highest BCUT2D eigenvalue weighted by molar-refractivity contribution is 5.37. The van der Waals surface area contributed by atoms with Gasteiger partial charge in [0.15, 0.2) is 0 Å². The highest BCUT2D eigenvalue weighted by Gasteiger charge is 2.33. The summed E-state index contributed by atoms with van der Waals surface area (Å²) in [6.07, 6.45) is -4.11. The van der Waals surface area contributed by atoms with Crippen molar-refractivity contribution in [3.8, 4) is 11.8 Å². The molecule has 0 saturated carbocycles. The molecule has 0 spiro atoms. The first-order valence-corrected chi connectivity index (χ1v) is 4.95. The molecule has 17 heavy (non-hydrogen) atoms. The number of benzene rings is 1. The zero-order valence-electron chi connectivity index (χ0n) is 9.16. The summed E-state index contributed by atoms with van der Waals surface area (Å²) in [7, 11) is 1.76. The Morgan fingerprint density at radius 1 is 1.29 bits per heavy atom. The Kier molecular flexibility index (Phi) is 4.53. The smallest absolute Gasteiger partial charge is 0.319 e. The first-order valence-electron chi connectivity index (χ1n) is 4.95. The van der Waals surface area contributed by atoms with E-state index in [1.165, 1.54) is 0 Å². The van der Waals surface area contributed by atoms with Crippen LogP contribution in [-0.2, 0) is 6.18 Å². The third kappa shape index (κ3) is 4.08. The molecule has 1 aromatic rings. The van der Waals surface area contributed by atoms with Crippen LogP contribution in [0.2, 0.25) is 0 Å². The average Bonchev–Trinajstić information content (AvgIpc) is 2.23. The van der Waals surface area contributed by atoms with Crippen LogP contribution in [0.25, 0.3) is 0 Å². The molecule has 0 aromatic heterocycles. The quantitative estimate of drug-likeness (QED) is 0.480. The van der Waals surface area contributed by atoms with E-state index >= 15 is 0 Å². The lowest BCUT2D eigenvalue weighted by molar-refractivity contribution is -0.140. The van der Waals surface area contributed by atoms with Crippen molar-refractivity contribution in [2.75, 3.05) is 13.6 Å². The molecule has 1 nitrogen and oxygen atoms in total. The summed E-state index contributed by atoms with van der Waals surface area (Å²) in [6, 6.07) is 2.67. The maximum Gasteiger partial charge on any atom is 0.419 e. The molecule has 1 aromatic carbocycles. The average molecular weight is 245 g/mol. The summed E-state index contributed by atoms with van der Waals surface area (Å²) in [5, 5.41) is 2.87. The van der Waals surface area contributed by atoms with Crippen molar-refractivity contribution < 1.29 is 17.6 Å². The molecule has 0 atom stereocenters. The number of rotatable bonds is 2. The predicted octanol–water partition coefficient (Wildman–Crippen LogP) is 2.81. The maximum absolute atomic E-state index is 13.1. The fourth-order valence-electron chi connectivity index (χ4n) is 1.17. The third-order valence-corrected chi connectivity index (χ3v) is 2.01. The van der Waals surface area contributed by atoms with Gasteiger partial charge in [0.25, 0.3) is 0 Å². The van der Waals surface area contributed by atoms with E-state index in [1.807, 2.05) is 0 Å². The molecule has 0 bridgehead atoms. The Morgan fingerprint density at radius 3 is 2.53 bits per heavy atom. The van der Waals surface area contributed by atoms with Gasteiger partial charge >= 0.3 is 6.18 Å². The van der Waals surface area contributed by atoms with Crippen LogP contribution >= 0.6 is 0 Å². The van der Waals surface area contributed by atoms with Crippen molar-refractivity contribution in [1.29, 1.82) is 0 Å². The molecular formula is C12H11F4N. The summed E-state index contributed by atoms with van der Waals surface area (Å²) in [6.45, 7) is 0.677. The lowest BCUT2D eigenvalue weighted by Crippen LogP contribution is -2.08. The summed E-state index contributed by atoms with van der Waals surface area (Å²) in [5.74, 6) is 4.04. The van der Waals surface area contributed by atoms with Gasteiger partial charge < -0.3 is 5.32 Å². The summed E-state index contributed by atoms with van der Waals surface area (Å²) in [5.41, 5.74) is -1.02. The van der Waals surface area contributed by atoms with Gasteiger partial charge in [-0.25, -0.2) is 4.39 Å². The molecule has 0 aliphatic heterocycles. The number of nitrogens with one attached hydrogen (secondary N) is 1. The van der Waals surface area contributed by atoms with Crippen LogP contribution in [0.4, 0.5) is 17.6 Å². The standard InChI is InChI=1S/C12H11F4N/c1-17-7-3-2-4-9-5-6-10(11(13)8-9)12(14,15)16/h5-6,8,17H,3,7H2,1H3. The second-order valence-corrected chi connectivity index (χ2v) is 3.35. The van der Waals surface area contributed by atoms with Crippen LogP contribution in [0.3, 0.4) is 0 Å². The van der Waals surface area contributed by atoms with Crippen LogP contribution in [-0.4, -0.2) is 13.6 Å². The lowest BCUT2D eigenvalue weighted by atomic mass is 10.1. The molecule has 5 heteroatoms. The Balaban J connectivity index is 2.85. The van der Waals surface area contributed by atoms with Gasteiger partial charge in [-0.1, -0.05) is 11.8 Å². The molecule has 0 aliphatic rings. The van der Waals surface area contributed by atoms with Crippen molar-refractivity contribution in [3.63, 3.8) is 0 Å². The largest absolute Gasteiger partial charge is 0.419 e. The lowest BCUT2D eigenvalue weighted by Gasteiger charge is -2.07. The first-order chi connectivity index (χ1) is 7.95. The van der Waals surface area contributed by atoms with Crippen molar-refractivity contribution >= 4 is 0 Å². The molecule has 0 unspecified atom stereocenters. The SMILES string of the molecule is CNCCC#Cc1ccc(C(F)(F)F)c(F)c1. The monoisotopic (exact) mass is 245 g/mol. The highest BCUT2D eigenvalue weighted by Crippen LogP contribution is 2.31. The van der Waals surface area contributed by atoms with Crippen LogP contribution in [0, 0.1) is 17.7 Å². The van der Waals surface area contributed by atoms with Gasteiger partial charge in [0.1, 0.15) is 5.82 Å². The van der Waals surface area contributed by atoms with E-state index in [9.17, 15) is 17.6 Å². The number of alkyl halides is 3. The maximum atomic E-state index is 13.1. The molecule has 0 heterocycles. The summed E-state index contributed by atoms with van der Waals surface area (Å²) < 4.78 is 49.9. The van der Waals surface area contributed by atoms with E-state index in [2.05, 4.69) is 17.2 Å². The molecule has 0 aliphatic carbocycles. The topological polar surface area (TPSA) is 12.0 Å². The van der Waals surface area contributed by atoms with Gasteiger partial charge in [0.05, 0.1) is 5.56 Å². The van der Waals surface area contributed by atoms with Crippen molar-refractivity contribution in [1.82, 2.24) is 5.32 Å². The van der Waals surface area contributed by atoms with Crippen molar-refractivity contribution in [3.05, 3.63) is 35.1 Å². The Morgan fingerprint density at radius 2 is 2.00 bits per heavy atom. The minimum Gasteiger partial charge on any atom is -0.319 e. The third-order valence-electron chi connectivity index (χ3n) is 2.01. The van der Waals surface area contributed by atoms with Crippen LogP contribution in [0.1, 0.15) is 17.5 Å². The molecule has 0 fully saturated rings. The van der Waals surface area contributed by atoms with Gasteiger partial charge in [-0.05, 0) is 25.2 Å². The molecule has 0 saturated heterocycles. The van der Waals surface area contributed by atoms with Crippen molar-refractivity contribution in [2.45, 2.75) is 12.6 Å². The fraction of sp³-hybridized carbons (Fsp3) is 0.333. The fourth-order valence-corrected chi connectivity index (χ4v) is 1.17. The van der Waals surface area contributed by atoms with Gasteiger partial charge in [0.2, 0.25) is 0 Å². The molecule has 92 valence electrons. The van der Waals surface area contributed by atoms with E-state index in [0.29, 0.717) is 19.0 Å². The van der Waals surface area contributed by atoms with Gasteiger partial charge in [0, 0.05) is 18.5 Å². The van der Waals surface area contributed by atoms with E-state index in [-0.39, 0.29) is 5.56 Å². The Hall–Kier alpha value is -1.54. The summed E-state index contributed by atoms with van der Waals surface area (Å²) >= 11 is 0. The second kappa shape index (κ2) is 5.69. The van der Waals surface area contributed by atoms with Gasteiger partial charge in [-0.3, -0.25) is 0 Å². The molecule has 0 amide bonds. The molecule has 0 radical (unpaired) electrons. The second-order valence-electron chi connectivity index (χ2n) is 3.35. The zero-order valence-corrected chi connectivity index (χ0v) is 9.16. The normalized spacial score (nSPS) is 10.9. The van der Waals surface area contributed by atoms with E-state index < -0.39 is 17.6 Å². The van der Waals surface area contributed by atoms with Gasteiger partial charge in [-0.2, -0.15) is 13.2 Å². The minimum atomic E-state index is -4.66. The molecule has 1 rings (SSSR count). The highest BCUT2D eigenvalue weighted by atomic mass is 19.4. The zero-order chi connectivity index (χ0) is 12.9. The summed E-state index contributed by atoms with van der Waals surface area (Å²) in [4.78, 5) is 0. The van der Waals surface area contributed by atoms with Crippen molar-refractivity contribution in [2.24, 2.45) is 0 Å². The van der Waals surface area contributed by atoms with E-state index in [0.717, 1.165) is 12.1 Å². The van der Waals surface area contributed by atoms with Crippen LogP contribution < -0.4 is 5.32 Å². The Bertz CT molecular complexity index is 440. The van der Waals surface area contributed by atoms with Crippen LogP contribution in [0.5, 0.6) is 0 Å². The van der Waals surface area contributed by atoms with Crippen LogP contribution in [0.15, 0.2) is 18.2 Å². The number of hydrogen-bond acceptors (Lipinski definition) is 1. The Labute approximate surface area is 96.8 Å². The minimum absolute atomic E-state index is 0.242. The predicted molar refractivity (Wildman–Crippen MR) is 56.8 cm³/mol.